The van der Waals surface area contributed by atoms with Gasteiger partial charge in [-0.3, -0.25) is 4.79 Å². The molecule has 1 aliphatic heterocycles. The average molecular weight is 184 g/mol. The first kappa shape index (κ1) is 10.5. The Hall–Kier alpha value is -0.570. The molecular formula is C10H20N2O. The Morgan fingerprint density at radius 2 is 2.23 bits per heavy atom. The lowest BCUT2D eigenvalue weighted by Crippen LogP contribution is -2.41. The SMILES string of the molecule is CC(=O)N1CCCC(CN(C)C)C1. The van der Waals surface area contributed by atoms with E-state index in [1.54, 1.807) is 6.92 Å². The Kier molecular flexibility index (Phi) is 3.72. The van der Waals surface area contributed by atoms with Gasteiger partial charge < -0.3 is 9.80 Å². The highest BCUT2D eigenvalue weighted by atomic mass is 16.2. The molecule has 0 aromatic rings. The van der Waals surface area contributed by atoms with Crippen LogP contribution in [-0.2, 0) is 4.79 Å². The molecule has 1 unspecified atom stereocenters. The van der Waals surface area contributed by atoms with Crippen LogP contribution in [0.4, 0.5) is 0 Å². The summed E-state index contributed by atoms with van der Waals surface area (Å²) in [6, 6.07) is 0. The van der Waals surface area contributed by atoms with E-state index in [1.165, 1.54) is 6.42 Å². The van der Waals surface area contributed by atoms with Crippen molar-refractivity contribution in [3.05, 3.63) is 0 Å². The summed E-state index contributed by atoms with van der Waals surface area (Å²) in [5, 5.41) is 0. The van der Waals surface area contributed by atoms with Gasteiger partial charge in [-0.1, -0.05) is 0 Å². The topological polar surface area (TPSA) is 23.6 Å². The van der Waals surface area contributed by atoms with E-state index < -0.39 is 0 Å². The van der Waals surface area contributed by atoms with Crippen molar-refractivity contribution >= 4 is 5.91 Å². The number of piperidine rings is 1. The first-order valence-corrected chi connectivity index (χ1v) is 5.00. The third-order valence-corrected chi connectivity index (χ3v) is 2.59. The minimum Gasteiger partial charge on any atom is -0.343 e. The first-order valence-electron chi connectivity index (χ1n) is 5.00. The molecule has 3 nitrogen and oxygen atoms in total. The molecule has 1 amide bonds. The second-order valence-corrected chi connectivity index (χ2v) is 4.24. The lowest BCUT2D eigenvalue weighted by Gasteiger charge is -2.33. The smallest absolute Gasteiger partial charge is 0.219 e. The molecule has 0 aromatic heterocycles. The maximum absolute atomic E-state index is 11.1. The summed E-state index contributed by atoms with van der Waals surface area (Å²) >= 11 is 0. The quantitative estimate of drug-likeness (QED) is 0.634. The number of nitrogens with zero attached hydrogens (tertiary/aromatic N) is 2. The summed E-state index contributed by atoms with van der Waals surface area (Å²) in [7, 11) is 4.18. The maximum atomic E-state index is 11.1. The molecule has 1 atom stereocenters. The van der Waals surface area contributed by atoms with Gasteiger partial charge in [-0.15, -0.1) is 0 Å². The van der Waals surface area contributed by atoms with Crippen LogP contribution in [-0.4, -0.2) is 49.4 Å². The summed E-state index contributed by atoms with van der Waals surface area (Å²) in [4.78, 5) is 15.3. The Morgan fingerprint density at radius 1 is 1.54 bits per heavy atom. The fourth-order valence-corrected chi connectivity index (χ4v) is 2.02. The monoisotopic (exact) mass is 184 g/mol. The summed E-state index contributed by atoms with van der Waals surface area (Å²) in [6.45, 7) is 4.68. The fourth-order valence-electron chi connectivity index (χ4n) is 2.02. The second kappa shape index (κ2) is 4.61. The minimum atomic E-state index is 0.225. The molecule has 0 aliphatic carbocycles. The van der Waals surface area contributed by atoms with Gasteiger partial charge in [0, 0.05) is 26.6 Å². The van der Waals surface area contributed by atoms with Crippen LogP contribution >= 0.6 is 0 Å². The van der Waals surface area contributed by atoms with Crippen molar-refractivity contribution in [1.82, 2.24) is 9.80 Å². The zero-order valence-electron chi connectivity index (χ0n) is 8.92. The van der Waals surface area contributed by atoms with Gasteiger partial charge in [-0.05, 0) is 32.9 Å². The van der Waals surface area contributed by atoms with Crippen LogP contribution in [0.2, 0.25) is 0 Å². The number of rotatable bonds is 2. The minimum absolute atomic E-state index is 0.225. The Balaban J connectivity index is 2.37. The Bertz CT molecular complexity index is 180. The zero-order chi connectivity index (χ0) is 9.84. The number of hydrogen-bond acceptors (Lipinski definition) is 2. The van der Waals surface area contributed by atoms with Crippen LogP contribution in [0, 0.1) is 5.92 Å². The number of carbonyl (C=O) groups excluding carboxylic acids is 1. The van der Waals surface area contributed by atoms with Gasteiger partial charge in [0.15, 0.2) is 0 Å². The van der Waals surface area contributed by atoms with Crippen LogP contribution in [0.1, 0.15) is 19.8 Å². The van der Waals surface area contributed by atoms with Crippen LogP contribution < -0.4 is 0 Å². The van der Waals surface area contributed by atoms with E-state index in [0.717, 1.165) is 26.1 Å². The normalized spacial score (nSPS) is 23.7. The number of hydrogen-bond donors (Lipinski definition) is 0. The molecule has 0 N–H and O–H groups in total. The molecule has 1 fully saturated rings. The van der Waals surface area contributed by atoms with Gasteiger partial charge in [0.25, 0.3) is 0 Å². The van der Waals surface area contributed by atoms with Gasteiger partial charge in [-0.25, -0.2) is 0 Å². The molecule has 0 bridgehead atoms. The van der Waals surface area contributed by atoms with Crippen molar-refractivity contribution in [3.63, 3.8) is 0 Å². The third-order valence-electron chi connectivity index (χ3n) is 2.59. The largest absolute Gasteiger partial charge is 0.343 e. The van der Waals surface area contributed by atoms with Crippen LogP contribution in [0.15, 0.2) is 0 Å². The molecule has 76 valence electrons. The molecule has 0 saturated carbocycles. The van der Waals surface area contributed by atoms with Crippen LogP contribution in [0.5, 0.6) is 0 Å². The van der Waals surface area contributed by atoms with Crippen molar-refractivity contribution < 1.29 is 4.79 Å². The Labute approximate surface area is 80.7 Å². The van der Waals surface area contributed by atoms with Gasteiger partial charge in [0.1, 0.15) is 0 Å². The predicted octanol–water partition coefficient (Wildman–Crippen LogP) is 0.806. The number of amides is 1. The third kappa shape index (κ3) is 3.35. The summed E-state index contributed by atoms with van der Waals surface area (Å²) in [5.41, 5.74) is 0. The summed E-state index contributed by atoms with van der Waals surface area (Å²) < 4.78 is 0. The van der Waals surface area contributed by atoms with Crippen molar-refractivity contribution in [1.29, 1.82) is 0 Å². The van der Waals surface area contributed by atoms with E-state index >= 15 is 0 Å². The van der Waals surface area contributed by atoms with E-state index in [2.05, 4.69) is 19.0 Å². The van der Waals surface area contributed by atoms with Crippen molar-refractivity contribution in [2.75, 3.05) is 33.7 Å². The van der Waals surface area contributed by atoms with Crippen LogP contribution in [0.25, 0.3) is 0 Å². The molecule has 1 aliphatic rings. The van der Waals surface area contributed by atoms with E-state index in [4.69, 9.17) is 0 Å². The van der Waals surface area contributed by atoms with Gasteiger partial charge in [-0.2, -0.15) is 0 Å². The number of carbonyl (C=O) groups is 1. The summed E-state index contributed by atoms with van der Waals surface area (Å²) in [6.07, 6.45) is 2.43. The highest BCUT2D eigenvalue weighted by molar-refractivity contribution is 5.73. The maximum Gasteiger partial charge on any atom is 0.219 e. The molecule has 0 aromatic carbocycles. The molecule has 0 spiro atoms. The second-order valence-electron chi connectivity index (χ2n) is 4.24. The van der Waals surface area contributed by atoms with E-state index in [1.807, 2.05) is 4.90 Å². The lowest BCUT2D eigenvalue weighted by molar-refractivity contribution is -0.130. The highest BCUT2D eigenvalue weighted by Crippen LogP contribution is 2.16. The van der Waals surface area contributed by atoms with E-state index in [-0.39, 0.29) is 5.91 Å². The van der Waals surface area contributed by atoms with Gasteiger partial charge in [0.05, 0.1) is 0 Å². The standard InChI is InChI=1S/C10H20N2O/c1-9(13)12-6-4-5-10(8-12)7-11(2)3/h10H,4-8H2,1-3H3. The van der Waals surface area contributed by atoms with E-state index in [0.29, 0.717) is 5.92 Å². The van der Waals surface area contributed by atoms with Crippen molar-refractivity contribution in [3.8, 4) is 0 Å². The van der Waals surface area contributed by atoms with Crippen LogP contribution in [0.3, 0.4) is 0 Å². The first-order chi connectivity index (χ1) is 6.09. The highest BCUT2D eigenvalue weighted by Gasteiger charge is 2.21. The van der Waals surface area contributed by atoms with Crippen molar-refractivity contribution in [2.45, 2.75) is 19.8 Å². The molecule has 3 heteroatoms. The van der Waals surface area contributed by atoms with Gasteiger partial charge >= 0.3 is 0 Å². The Morgan fingerprint density at radius 3 is 2.77 bits per heavy atom. The average Bonchev–Trinajstić information content (AvgIpc) is 2.03. The molecule has 1 heterocycles. The number of likely N-dealkylation sites (tertiary alicyclic amines) is 1. The molecule has 13 heavy (non-hydrogen) atoms. The lowest BCUT2D eigenvalue weighted by atomic mass is 9.98. The van der Waals surface area contributed by atoms with Gasteiger partial charge in [0.2, 0.25) is 5.91 Å². The predicted molar refractivity (Wildman–Crippen MR) is 53.5 cm³/mol. The fraction of sp³-hybridized carbons (Fsp3) is 0.900. The van der Waals surface area contributed by atoms with E-state index in [9.17, 15) is 4.79 Å². The molecule has 0 radical (unpaired) electrons. The summed E-state index contributed by atoms with van der Waals surface area (Å²) in [5.74, 6) is 0.899. The molecule has 1 saturated heterocycles. The molecular weight excluding hydrogens is 164 g/mol. The van der Waals surface area contributed by atoms with Crippen molar-refractivity contribution in [2.24, 2.45) is 5.92 Å². The zero-order valence-corrected chi connectivity index (χ0v) is 8.92. The molecule has 1 rings (SSSR count).